The molecule has 0 amide bonds. The van der Waals surface area contributed by atoms with E-state index in [9.17, 15) is 13.2 Å². The van der Waals surface area contributed by atoms with E-state index < -0.39 is 11.7 Å². The number of benzene rings is 2. The lowest BCUT2D eigenvalue weighted by Gasteiger charge is -2.12. The number of rotatable bonds is 3. The number of aromatic nitrogens is 3. The molecule has 3 N–H and O–H groups in total. The van der Waals surface area contributed by atoms with Crippen molar-refractivity contribution in [3.63, 3.8) is 0 Å². The summed E-state index contributed by atoms with van der Waals surface area (Å²) in [5, 5.41) is 6.88. The third-order valence-corrected chi connectivity index (χ3v) is 4.10. The van der Waals surface area contributed by atoms with Crippen molar-refractivity contribution < 1.29 is 13.2 Å². The Bertz CT molecular complexity index is 899. The number of halogens is 5. The van der Waals surface area contributed by atoms with Crippen LogP contribution in [0.4, 0.5) is 19.1 Å². The molecule has 0 bridgehead atoms. The first-order valence-electron chi connectivity index (χ1n) is 7.06. The molecule has 25 heavy (non-hydrogen) atoms. The highest BCUT2D eigenvalue weighted by molar-refractivity contribution is 6.39. The molecule has 3 aromatic rings. The zero-order chi connectivity index (χ0) is 18.2. The normalized spacial score (nSPS) is 11.7. The SMILES string of the molecule is Nc1n[nH]c(Cc2cc(Cl)c(-c3cccc(C(F)(F)F)c3)c(Cl)c2)n1. The average Bonchev–Trinajstić information content (AvgIpc) is 2.91. The van der Waals surface area contributed by atoms with Gasteiger partial charge in [0.15, 0.2) is 0 Å². The van der Waals surface area contributed by atoms with E-state index in [4.69, 9.17) is 28.9 Å². The van der Waals surface area contributed by atoms with Gasteiger partial charge < -0.3 is 5.73 Å². The van der Waals surface area contributed by atoms with Gasteiger partial charge in [-0.15, -0.1) is 5.10 Å². The molecule has 1 heterocycles. The Balaban J connectivity index is 1.98. The van der Waals surface area contributed by atoms with Crippen LogP contribution >= 0.6 is 23.2 Å². The molecule has 0 aliphatic carbocycles. The van der Waals surface area contributed by atoms with E-state index in [2.05, 4.69) is 15.2 Å². The van der Waals surface area contributed by atoms with Crippen molar-refractivity contribution in [1.29, 1.82) is 0 Å². The number of alkyl halides is 3. The second-order valence-electron chi connectivity index (χ2n) is 5.33. The van der Waals surface area contributed by atoms with Crippen LogP contribution in [0.25, 0.3) is 11.1 Å². The summed E-state index contributed by atoms with van der Waals surface area (Å²) in [4.78, 5) is 3.98. The van der Waals surface area contributed by atoms with Crippen LogP contribution in [0, 0.1) is 0 Å². The summed E-state index contributed by atoms with van der Waals surface area (Å²) >= 11 is 12.5. The molecule has 130 valence electrons. The quantitative estimate of drug-likeness (QED) is 0.667. The molecular formula is C16H11Cl2F3N4. The standard InChI is InChI=1S/C16H11Cl2F3N4/c17-11-4-8(6-13-23-15(22)25-24-13)5-12(18)14(11)9-2-1-3-10(7-9)16(19,20)21/h1-5,7H,6H2,(H3,22,23,24,25). The lowest BCUT2D eigenvalue weighted by molar-refractivity contribution is -0.137. The van der Waals surface area contributed by atoms with Crippen molar-refractivity contribution in [3.05, 3.63) is 63.4 Å². The number of H-pyrrole nitrogens is 1. The Hall–Kier alpha value is -2.25. The van der Waals surface area contributed by atoms with Gasteiger partial charge in [-0.05, 0) is 35.4 Å². The number of hydrogen-bond acceptors (Lipinski definition) is 3. The van der Waals surface area contributed by atoms with Crippen molar-refractivity contribution in [2.24, 2.45) is 0 Å². The fourth-order valence-electron chi connectivity index (χ4n) is 2.44. The molecular weight excluding hydrogens is 376 g/mol. The molecule has 0 fully saturated rings. The van der Waals surface area contributed by atoms with Crippen molar-refractivity contribution in [2.45, 2.75) is 12.6 Å². The number of nitrogens with two attached hydrogens (primary N) is 1. The summed E-state index contributed by atoms with van der Waals surface area (Å²) in [6.45, 7) is 0. The van der Waals surface area contributed by atoms with Crippen LogP contribution in [0.3, 0.4) is 0 Å². The van der Waals surface area contributed by atoms with Gasteiger partial charge in [0, 0.05) is 12.0 Å². The van der Waals surface area contributed by atoms with Gasteiger partial charge in [-0.2, -0.15) is 18.2 Å². The van der Waals surface area contributed by atoms with E-state index in [0.29, 0.717) is 23.4 Å². The third-order valence-electron chi connectivity index (χ3n) is 3.50. The molecule has 0 aliphatic rings. The smallest absolute Gasteiger partial charge is 0.367 e. The minimum atomic E-state index is -4.44. The third kappa shape index (κ3) is 3.88. The first kappa shape index (κ1) is 17.6. The number of aromatic amines is 1. The van der Waals surface area contributed by atoms with Crippen molar-refractivity contribution in [3.8, 4) is 11.1 Å². The second-order valence-corrected chi connectivity index (χ2v) is 6.14. The van der Waals surface area contributed by atoms with Gasteiger partial charge >= 0.3 is 6.18 Å². The zero-order valence-corrected chi connectivity index (χ0v) is 14.0. The molecule has 9 heteroatoms. The van der Waals surface area contributed by atoms with Crippen molar-refractivity contribution in [1.82, 2.24) is 15.2 Å². The highest BCUT2D eigenvalue weighted by atomic mass is 35.5. The summed E-state index contributed by atoms with van der Waals surface area (Å²) in [5.74, 6) is 0.643. The molecule has 0 radical (unpaired) electrons. The zero-order valence-electron chi connectivity index (χ0n) is 12.5. The molecule has 3 rings (SSSR count). The van der Waals surface area contributed by atoms with Crippen LogP contribution in [0.15, 0.2) is 36.4 Å². The van der Waals surface area contributed by atoms with Crippen molar-refractivity contribution >= 4 is 29.2 Å². The van der Waals surface area contributed by atoms with Gasteiger partial charge in [-0.25, -0.2) is 0 Å². The molecule has 0 unspecified atom stereocenters. The van der Waals surface area contributed by atoms with Gasteiger partial charge in [0.05, 0.1) is 15.6 Å². The van der Waals surface area contributed by atoms with Crippen LogP contribution < -0.4 is 5.73 Å². The van der Waals surface area contributed by atoms with Crippen LogP contribution in [0.1, 0.15) is 17.0 Å². The van der Waals surface area contributed by atoms with Gasteiger partial charge in [0.2, 0.25) is 5.95 Å². The Morgan fingerprint density at radius 1 is 1.08 bits per heavy atom. The maximum atomic E-state index is 12.9. The Morgan fingerprint density at radius 2 is 1.76 bits per heavy atom. The molecule has 0 spiro atoms. The predicted molar refractivity (Wildman–Crippen MR) is 90.5 cm³/mol. The minimum Gasteiger partial charge on any atom is -0.367 e. The minimum absolute atomic E-state index is 0.118. The second kappa shape index (κ2) is 6.57. The highest BCUT2D eigenvalue weighted by Crippen LogP contribution is 2.39. The number of anilines is 1. The van der Waals surface area contributed by atoms with Gasteiger partial charge in [0.25, 0.3) is 0 Å². The fraction of sp³-hybridized carbons (Fsp3) is 0.125. The fourth-order valence-corrected chi connectivity index (χ4v) is 3.19. The molecule has 0 atom stereocenters. The molecule has 0 saturated heterocycles. The molecule has 1 aromatic heterocycles. The average molecular weight is 387 g/mol. The maximum Gasteiger partial charge on any atom is 0.416 e. The highest BCUT2D eigenvalue weighted by Gasteiger charge is 2.30. The van der Waals surface area contributed by atoms with E-state index >= 15 is 0 Å². The Kier molecular flexibility index (Phi) is 4.62. The van der Waals surface area contributed by atoms with E-state index in [0.717, 1.165) is 17.7 Å². The monoisotopic (exact) mass is 386 g/mol. The number of nitrogens with zero attached hydrogens (tertiary/aromatic N) is 2. The van der Waals surface area contributed by atoms with Crippen molar-refractivity contribution in [2.75, 3.05) is 5.73 Å². The lowest BCUT2D eigenvalue weighted by atomic mass is 10.0. The summed E-state index contributed by atoms with van der Waals surface area (Å²) in [5.41, 5.74) is 6.04. The van der Waals surface area contributed by atoms with E-state index in [1.54, 1.807) is 12.1 Å². The first-order valence-corrected chi connectivity index (χ1v) is 7.82. The predicted octanol–water partition coefficient (Wildman–Crippen LogP) is 4.97. The molecule has 0 aliphatic heterocycles. The Morgan fingerprint density at radius 3 is 2.32 bits per heavy atom. The molecule has 4 nitrogen and oxygen atoms in total. The van der Waals surface area contributed by atoms with E-state index in [1.807, 2.05) is 0 Å². The summed E-state index contributed by atoms with van der Waals surface area (Å²) < 4.78 is 38.7. The lowest BCUT2D eigenvalue weighted by Crippen LogP contribution is -2.04. The van der Waals surface area contributed by atoms with Crippen LogP contribution in [-0.2, 0) is 12.6 Å². The summed E-state index contributed by atoms with van der Waals surface area (Å²) in [6.07, 6.45) is -4.09. The topological polar surface area (TPSA) is 67.6 Å². The van der Waals surface area contributed by atoms with E-state index in [1.165, 1.54) is 12.1 Å². The summed E-state index contributed by atoms with van der Waals surface area (Å²) in [7, 11) is 0. The molecule has 0 saturated carbocycles. The molecule has 2 aromatic carbocycles. The van der Waals surface area contributed by atoms with Crippen LogP contribution in [0.2, 0.25) is 10.0 Å². The number of nitrogens with one attached hydrogen (secondary N) is 1. The largest absolute Gasteiger partial charge is 0.416 e. The Labute approximate surface area is 150 Å². The maximum absolute atomic E-state index is 12.9. The van der Waals surface area contributed by atoms with E-state index in [-0.39, 0.29) is 16.0 Å². The summed E-state index contributed by atoms with van der Waals surface area (Å²) in [6, 6.07) is 8.11. The van der Waals surface area contributed by atoms with Gasteiger partial charge in [-0.3, -0.25) is 5.10 Å². The van der Waals surface area contributed by atoms with Gasteiger partial charge in [0.1, 0.15) is 5.82 Å². The van der Waals surface area contributed by atoms with Crippen LogP contribution in [0.5, 0.6) is 0 Å². The number of hydrogen-bond donors (Lipinski definition) is 2. The number of nitrogen functional groups attached to an aromatic ring is 1. The van der Waals surface area contributed by atoms with Crippen LogP contribution in [-0.4, -0.2) is 15.2 Å². The van der Waals surface area contributed by atoms with Gasteiger partial charge in [-0.1, -0.05) is 35.3 Å². The first-order chi connectivity index (χ1) is 11.7.